The van der Waals surface area contributed by atoms with Crippen LogP contribution in [0.1, 0.15) is 37.6 Å². The Morgan fingerprint density at radius 1 is 1.10 bits per heavy atom. The van der Waals surface area contributed by atoms with E-state index < -0.39 is 0 Å². The van der Waals surface area contributed by atoms with Crippen molar-refractivity contribution in [3.63, 3.8) is 0 Å². The van der Waals surface area contributed by atoms with E-state index >= 15 is 0 Å². The van der Waals surface area contributed by atoms with Crippen molar-refractivity contribution in [2.75, 3.05) is 0 Å². The zero-order chi connectivity index (χ0) is 15.8. The minimum absolute atomic E-state index is 0.228. The van der Waals surface area contributed by atoms with Gasteiger partial charge in [0.05, 0.1) is 11.8 Å². The van der Waals surface area contributed by atoms with Gasteiger partial charge in [-0.15, -0.1) is 0 Å². The maximum Gasteiger partial charge on any atom is 0.226 e. The number of hydrogen-bond acceptors (Lipinski definition) is 3. The number of aromatic nitrogens is 2. The standard InChI is InChI=1S/C17H22N2O2/c1-11-9-14(21-17(4,5)6)7-8-15(11)16-12(2)10-18-19(20)13(16)3/h7-10H,1-6H3. The van der Waals surface area contributed by atoms with Gasteiger partial charge in [0.2, 0.25) is 5.69 Å². The average Bonchev–Trinajstić information content (AvgIpc) is 2.35. The predicted octanol–water partition coefficient (Wildman–Crippen LogP) is 3.48. The maximum absolute atomic E-state index is 11.7. The van der Waals surface area contributed by atoms with Gasteiger partial charge in [-0.2, -0.15) is 0 Å². The summed E-state index contributed by atoms with van der Waals surface area (Å²) < 4.78 is 5.88. The highest BCUT2D eigenvalue weighted by Crippen LogP contribution is 2.31. The van der Waals surface area contributed by atoms with Crippen molar-refractivity contribution in [3.05, 3.63) is 46.4 Å². The molecule has 4 nitrogen and oxygen atoms in total. The molecule has 21 heavy (non-hydrogen) atoms. The zero-order valence-electron chi connectivity index (χ0n) is 13.5. The summed E-state index contributed by atoms with van der Waals surface area (Å²) in [5.41, 5.74) is 4.44. The molecule has 2 aromatic rings. The molecule has 0 aliphatic carbocycles. The smallest absolute Gasteiger partial charge is 0.226 e. The van der Waals surface area contributed by atoms with E-state index in [1.807, 2.05) is 52.8 Å². The van der Waals surface area contributed by atoms with E-state index in [9.17, 15) is 5.21 Å². The second-order valence-corrected chi connectivity index (χ2v) is 6.35. The molecule has 112 valence electrons. The molecule has 0 fully saturated rings. The molecule has 0 N–H and O–H groups in total. The normalized spacial score (nSPS) is 11.5. The van der Waals surface area contributed by atoms with Crippen molar-refractivity contribution in [2.45, 2.75) is 47.1 Å². The number of benzene rings is 1. The van der Waals surface area contributed by atoms with Crippen LogP contribution in [0, 0.1) is 26.0 Å². The fourth-order valence-corrected chi connectivity index (χ4v) is 2.41. The molecule has 0 amide bonds. The molecule has 0 saturated heterocycles. The Labute approximate surface area is 126 Å². The highest BCUT2D eigenvalue weighted by molar-refractivity contribution is 5.72. The Morgan fingerprint density at radius 3 is 2.33 bits per heavy atom. The minimum Gasteiger partial charge on any atom is -0.594 e. The van der Waals surface area contributed by atoms with E-state index in [4.69, 9.17) is 4.74 Å². The van der Waals surface area contributed by atoms with E-state index in [1.54, 1.807) is 13.1 Å². The predicted molar refractivity (Wildman–Crippen MR) is 83.2 cm³/mol. The zero-order valence-corrected chi connectivity index (χ0v) is 13.5. The quantitative estimate of drug-likeness (QED) is 0.627. The van der Waals surface area contributed by atoms with E-state index in [0.717, 1.165) is 28.0 Å². The fourth-order valence-electron chi connectivity index (χ4n) is 2.41. The summed E-state index contributed by atoms with van der Waals surface area (Å²) in [5, 5.41) is 15.5. The number of ether oxygens (including phenoxy) is 1. The lowest BCUT2D eigenvalue weighted by Crippen LogP contribution is -2.35. The molecule has 1 aromatic carbocycles. The summed E-state index contributed by atoms with van der Waals surface area (Å²) >= 11 is 0. The van der Waals surface area contributed by atoms with Gasteiger partial charge in [0.25, 0.3) is 0 Å². The lowest BCUT2D eigenvalue weighted by atomic mass is 9.96. The van der Waals surface area contributed by atoms with Crippen molar-refractivity contribution >= 4 is 0 Å². The van der Waals surface area contributed by atoms with Gasteiger partial charge < -0.3 is 9.94 Å². The summed E-state index contributed by atoms with van der Waals surface area (Å²) in [7, 11) is 0. The first-order valence-corrected chi connectivity index (χ1v) is 7.05. The van der Waals surface area contributed by atoms with Crippen LogP contribution >= 0.6 is 0 Å². The van der Waals surface area contributed by atoms with Crippen LogP contribution < -0.4 is 9.58 Å². The SMILES string of the molecule is Cc1cc(OC(C)(C)C)ccc1-c1c(C)cn[n+]([O-])c1C. The molecule has 1 heterocycles. The van der Waals surface area contributed by atoms with Crippen LogP contribution in [0.2, 0.25) is 0 Å². The Hall–Kier alpha value is -2.10. The molecule has 0 saturated carbocycles. The third kappa shape index (κ3) is 3.32. The summed E-state index contributed by atoms with van der Waals surface area (Å²) in [6, 6.07) is 5.96. The van der Waals surface area contributed by atoms with Gasteiger partial charge in [-0.25, -0.2) is 0 Å². The van der Waals surface area contributed by atoms with Gasteiger partial charge in [-0.1, -0.05) is 10.9 Å². The van der Waals surface area contributed by atoms with Crippen LogP contribution in [0.4, 0.5) is 0 Å². The largest absolute Gasteiger partial charge is 0.594 e. The van der Waals surface area contributed by atoms with E-state index in [-0.39, 0.29) is 5.60 Å². The summed E-state index contributed by atoms with van der Waals surface area (Å²) in [4.78, 5) is 0.668. The van der Waals surface area contributed by atoms with Gasteiger partial charge in [0, 0.05) is 12.0 Å². The van der Waals surface area contributed by atoms with E-state index in [0.29, 0.717) is 10.5 Å². The summed E-state index contributed by atoms with van der Waals surface area (Å²) in [6.45, 7) is 11.9. The van der Waals surface area contributed by atoms with Gasteiger partial charge in [-0.3, -0.25) is 0 Å². The molecule has 0 radical (unpaired) electrons. The Kier molecular flexibility index (Phi) is 3.90. The molecule has 0 atom stereocenters. The van der Waals surface area contributed by atoms with Crippen LogP contribution in [0.3, 0.4) is 0 Å². The number of aryl methyl sites for hydroxylation is 2. The van der Waals surface area contributed by atoms with Gasteiger partial charge in [0.1, 0.15) is 11.4 Å². The van der Waals surface area contributed by atoms with Crippen LogP contribution in [-0.2, 0) is 0 Å². The van der Waals surface area contributed by atoms with Crippen LogP contribution in [-0.4, -0.2) is 10.7 Å². The summed E-state index contributed by atoms with van der Waals surface area (Å²) in [6.07, 6.45) is 1.61. The van der Waals surface area contributed by atoms with Crippen molar-refractivity contribution in [1.29, 1.82) is 0 Å². The van der Waals surface area contributed by atoms with Crippen molar-refractivity contribution in [3.8, 4) is 16.9 Å². The molecule has 1 aromatic heterocycles. The van der Waals surface area contributed by atoms with Gasteiger partial charge >= 0.3 is 0 Å². The highest BCUT2D eigenvalue weighted by Gasteiger charge is 2.18. The number of rotatable bonds is 2. The number of hydrogen-bond donors (Lipinski definition) is 0. The molecule has 4 heteroatoms. The van der Waals surface area contributed by atoms with Crippen molar-refractivity contribution in [2.24, 2.45) is 0 Å². The van der Waals surface area contributed by atoms with Crippen molar-refractivity contribution < 1.29 is 9.58 Å². The van der Waals surface area contributed by atoms with E-state index in [1.165, 1.54) is 0 Å². The second kappa shape index (κ2) is 5.35. The van der Waals surface area contributed by atoms with Gasteiger partial charge in [-0.05, 0) is 63.4 Å². The van der Waals surface area contributed by atoms with E-state index in [2.05, 4.69) is 5.10 Å². The van der Waals surface area contributed by atoms with Gasteiger partial charge in [0.15, 0.2) is 0 Å². The highest BCUT2D eigenvalue weighted by atomic mass is 16.5. The second-order valence-electron chi connectivity index (χ2n) is 6.35. The molecular weight excluding hydrogens is 264 g/mol. The first-order chi connectivity index (χ1) is 9.69. The molecule has 0 unspecified atom stereocenters. The Morgan fingerprint density at radius 2 is 1.76 bits per heavy atom. The van der Waals surface area contributed by atoms with Crippen molar-refractivity contribution in [1.82, 2.24) is 5.10 Å². The number of nitrogens with zero attached hydrogens (tertiary/aromatic N) is 2. The summed E-state index contributed by atoms with van der Waals surface area (Å²) in [5.74, 6) is 0.836. The monoisotopic (exact) mass is 286 g/mol. The first kappa shape index (κ1) is 15.3. The van der Waals surface area contributed by atoms with Crippen LogP contribution in [0.5, 0.6) is 5.75 Å². The molecular formula is C17H22N2O2. The lowest BCUT2D eigenvalue weighted by Gasteiger charge is -2.22. The molecule has 0 aliphatic rings. The fraction of sp³-hybridized carbons (Fsp3) is 0.412. The third-order valence-electron chi connectivity index (χ3n) is 3.29. The Bertz CT molecular complexity index is 673. The average molecular weight is 286 g/mol. The third-order valence-corrected chi connectivity index (χ3v) is 3.29. The van der Waals surface area contributed by atoms with Crippen LogP contribution in [0.25, 0.3) is 11.1 Å². The molecule has 2 rings (SSSR count). The molecule has 0 spiro atoms. The Balaban J connectivity index is 2.50. The minimum atomic E-state index is -0.228. The lowest BCUT2D eigenvalue weighted by molar-refractivity contribution is -0.674. The maximum atomic E-state index is 11.7. The molecule has 0 bridgehead atoms. The first-order valence-electron chi connectivity index (χ1n) is 7.05. The topological polar surface area (TPSA) is 49.1 Å². The molecule has 0 aliphatic heterocycles. The van der Waals surface area contributed by atoms with Crippen LogP contribution in [0.15, 0.2) is 24.4 Å².